The SMILES string of the molecule is Cc1nccn1Cc1c(CN)oc2ccccc12. The van der Waals surface area contributed by atoms with Crippen molar-refractivity contribution in [1.29, 1.82) is 0 Å². The maximum Gasteiger partial charge on any atom is 0.134 e. The standard InChI is InChI=1S/C14H15N3O/c1-10-16-6-7-17(10)9-12-11-4-2-3-5-13(11)18-14(12)8-15/h2-7H,8-9,15H2,1H3. The smallest absolute Gasteiger partial charge is 0.134 e. The van der Waals surface area contributed by atoms with Crippen LogP contribution in [0.15, 0.2) is 41.1 Å². The van der Waals surface area contributed by atoms with E-state index >= 15 is 0 Å². The molecule has 2 N–H and O–H groups in total. The van der Waals surface area contributed by atoms with E-state index in [4.69, 9.17) is 10.2 Å². The highest BCUT2D eigenvalue weighted by Crippen LogP contribution is 2.26. The van der Waals surface area contributed by atoms with Gasteiger partial charge in [0, 0.05) is 23.3 Å². The molecule has 92 valence electrons. The number of imidazole rings is 1. The van der Waals surface area contributed by atoms with Gasteiger partial charge in [-0.1, -0.05) is 18.2 Å². The van der Waals surface area contributed by atoms with Crippen LogP contribution in [-0.2, 0) is 13.1 Å². The van der Waals surface area contributed by atoms with Crippen molar-refractivity contribution in [2.75, 3.05) is 0 Å². The molecule has 1 aromatic carbocycles. The number of aromatic nitrogens is 2. The number of nitrogens with two attached hydrogens (primary N) is 1. The van der Waals surface area contributed by atoms with Gasteiger partial charge in [0.2, 0.25) is 0 Å². The maximum atomic E-state index is 5.78. The Bertz CT molecular complexity index is 681. The van der Waals surface area contributed by atoms with Crippen LogP contribution in [0.5, 0.6) is 0 Å². The normalized spacial score (nSPS) is 11.2. The molecule has 4 heteroatoms. The van der Waals surface area contributed by atoms with Gasteiger partial charge in [-0.15, -0.1) is 0 Å². The molecule has 0 radical (unpaired) electrons. The molecular weight excluding hydrogens is 226 g/mol. The Balaban J connectivity index is 2.12. The molecule has 0 fully saturated rings. The lowest BCUT2D eigenvalue weighted by molar-refractivity contribution is 0.541. The second kappa shape index (κ2) is 4.31. The molecule has 3 aromatic rings. The summed E-state index contributed by atoms with van der Waals surface area (Å²) >= 11 is 0. The summed E-state index contributed by atoms with van der Waals surface area (Å²) < 4.78 is 7.87. The maximum absolute atomic E-state index is 5.78. The Morgan fingerprint density at radius 2 is 2.17 bits per heavy atom. The van der Waals surface area contributed by atoms with Crippen molar-refractivity contribution in [3.05, 3.63) is 53.8 Å². The van der Waals surface area contributed by atoms with Gasteiger partial charge in [-0.2, -0.15) is 0 Å². The summed E-state index contributed by atoms with van der Waals surface area (Å²) in [6.07, 6.45) is 3.77. The lowest BCUT2D eigenvalue weighted by Crippen LogP contribution is -2.05. The minimum Gasteiger partial charge on any atom is -0.459 e. The van der Waals surface area contributed by atoms with Crippen LogP contribution in [0, 0.1) is 6.92 Å². The molecule has 0 saturated heterocycles. The van der Waals surface area contributed by atoms with Gasteiger partial charge in [0.25, 0.3) is 0 Å². The average molecular weight is 241 g/mol. The Hall–Kier alpha value is -2.07. The van der Waals surface area contributed by atoms with Crippen LogP contribution in [0.3, 0.4) is 0 Å². The lowest BCUT2D eigenvalue weighted by Gasteiger charge is -2.05. The first-order valence-electron chi connectivity index (χ1n) is 5.96. The molecular formula is C14H15N3O. The molecule has 0 unspecified atom stereocenters. The van der Waals surface area contributed by atoms with Crippen molar-refractivity contribution in [2.45, 2.75) is 20.0 Å². The molecule has 0 spiro atoms. The highest BCUT2D eigenvalue weighted by Gasteiger charge is 2.13. The van der Waals surface area contributed by atoms with Crippen LogP contribution in [-0.4, -0.2) is 9.55 Å². The van der Waals surface area contributed by atoms with E-state index in [-0.39, 0.29) is 0 Å². The number of fused-ring (bicyclic) bond motifs is 1. The van der Waals surface area contributed by atoms with E-state index in [1.54, 1.807) is 6.20 Å². The number of furan rings is 1. The van der Waals surface area contributed by atoms with Crippen molar-refractivity contribution in [2.24, 2.45) is 5.73 Å². The first kappa shape index (κ1) is 11.0. The van der Waals surface area contributed by atoms with Gasteiger partial charge in [-0.25, -0.2) is 4.98 Å². The number of hydrogen-bond donors (Lipinski definition) is 1. The Morgan fingerprint density at radius 1 is 1.33 bits per heavy atom. The van der Waals surface area contributed by atoms with Gasteiger partial charge in [-0.05, 0) is 13.0 Å². The molecule has 4 nitrogen and oxygen atoms in total. The van der Waals surface area contributed by atoms with Crippen molar-refractivity contribution >= 4 is 11.0 Å². The molecule has 0 aliphatic heterocycles. The molecule has 0 atom stereocenters. The van der Waals surface area contributed by atoms with Gasteiger partial charge in [0.1, 0.15) is 17.2 Å². The third kappa shape index (κ3) is 1.71. The number of benzene rings is 1. The van der Waals surface area contributed by atoms with E-state index in [1.807, 2.05) is 31.3 Å². The van der Waals surface area contributed by atoms with Gasteiger partial charge in [0.15, 0.2) is 0 Å². The first-order chi connectivity index (χ1) is 8.79. The van der Waals surface area contributed by atoms with Crippen LogP contribution in [0.1, 0.15) is 17.1 Å². The molecule has 0 aliphatic rings. The summed E-state index contributed by atoms with van der Waals surface area (Å²) in [7, 11) is 0. The molecule has 0 saturated carbocycles. The van der Waals surface area contributed by atoms with Crippen molar-refractivity contribution in [1.82, 2.24) is 9.55 Å². The lowest BCUT2D eigenvalue weighted by atomic mass is 10.1. The van der Waals surface area contributed by atoms with E-state index in [1.165, 1.54) is 0 Å². The van der Waals surface area contributed by atoms with Crippen LogP contribution in [0.4, 0.5) is 0 Å². The average Bonchev–Trinajstić information content (AvgIpc) is 2.95. The number of nitrogens with zero attached hydrogens (tertiary/aromatic N) is 2. The van der Waals surface area contributed by atoms with Gasteiger partial charge < -0.3 is 14.7 Å². The van der Waals surface area contributed by atoms with Crippen molar-refractivity contribution in [3.63, 3.8) is 0 Å². The second-order valence-corrected chi connectivity index (χ2v) is 4.31. The number of para-hydroxylation sites is 1. The van der Waals surface area contributed by atoms with Gasteiger partial charge in [0.05, 0.1) is 13.1 Å². The summed E-state index contributed by atoms with van der Waals surface area (Å²) in [5.74, 6) is 1.84. The summed E-state index contributed by atoms with van der Waals surface area (Å²) in [5.41, 5.74) is 7.80. The van der Waals surface area contributed by atoms with Crippen LogP contribution in [0.25, 0.3) is 11.0 Å². The summed E-state index contributed by atoms with van der Waals surface area (Å²) in [4.78, 5) is 4.23. The minimum absolute atomic E-state index is 0.414. The highest BCUT2D eigenvalue weighted by atomic mass is 16.3. The summed E-state index contributed by atoms with van der Waals surface area (Å²) in [6.45, 7) is 3.15. The Morgan fingerprint density at radius 3 is 2.89 bits per heavy atom. The quantitative estimate of drug-likeness (QED) is 0.766. The number of hydrogen-bond acceptors (Lipinski definition) is 3. The van der Waals surface area contributed by atoms with Gasteiger partial charge >= 0.3 is 0 Å². The minimum atomic E-state index is 0.414. The number of aryl methyl sites for hydroxylation is 1. The zero-order valence-electron chi connectivity index (χ0n) is 10.3. The molecule has 3 rings (SSSR count). The van der Waals surface area contributed by atoms with E-state index in [0.717, 1.165) is 34.7 Å². The molecule has 2 aromatic heterocycles. The molecule has 2 heterocycles. The van der Waals surface area contributed by atoms with Crippen LogP contribution >= 0.6 is 0 Å². The van der Waals surface area contributed by atoms with E-state index in [2.05, 4.69) is 15.6 Å². The predicted octanol–water partition coefficient (Wildman–Crippen LogP) is 2.44. The summed E-state index contributed by atoms with van der Waals surface area (Å²) in [5, 5.41) is 1.13. The van der Waals surface area contributed by atoms with E-state index < -0.39 is 0 Å². The predicted molar refractivity (Wildman–Crippen MR) is 70.2 cm³/mol. The molecule has 18 heavy (non-hydrogen) atoms. The van der Waals surface area contributed by atoms with E-state index in [9.17, 15) is 0 Å². The first-order valence-corrected chi connectivity index (χ1v) is 5.96. The third-order valence-corrected chi connectivity index (χ3v) is 3.22. The van der Waals surface area contributed by atoms with E-state index in [0.29, 0.717) is 6.54 Å². The fourth-order valence-electron chi connectivity index (χ4n) is 2.23. The molecule has 0 aliphatic carbocycles. The monoisotopic (exact) mass is 241 g/mol. The topological polar surface area (TPSA) is 57.0 Å². The second-order valence-electron chi connectivity index (χ2n) is 4.31. The number of rotatable bonds is 3. The van der Waals surface area contributed by atoms with Crippen LogP contribution in [0.2, 0.25) is 0 Å². The highest BCUT2D eigenvalue weighted by molar-refractivity contribution is 5.82. The van der Waals surface area contributed by atoms with Crippen molar-refractivity contribution in [3.8, 4) is 0 Å². The largest absolute Gasteiger partial charge is 0.459 e. The van der Waals surface area contributed by atoms with Crippen molar-refractivity contribution < 1.29 is 4.42 Å². The third-order valence-electron chi connectivity index (χ3n) is 3.22. The van der Waals surface area contributed by atoms with Gasteiger partial charge in [-0.3, -0.25) is 0 Å². The molecule has 0 amide bonds. The summed E-state index contributed by atoms with van der Waals surface area (Å²) in [6, 6.07) is 8.03. The Kier molecular flexibility index (Phi) is 2.64. The molecule has 0 bridgehead atoms. The zero-order chi connectivity index (χ0) is 12.5. The Labute approximate surface area is 105 Å². The van der Waals surface area contributed by atoms with Crippen LogP contribution < -0.4 is 5.73 Å². The zero-order valence-corrected chi connectivity index (χ0v) is 10.3. The fraction of sp³-hybridized carbons (Fsp3) is 0.214. The fourth-order valence-corrected chi connectivity index (χ4v) is 2.23.